The molecule has 40 heavy (non-hydrogen) atoms. The number of carboxylic acid groups (broad SMARTS) is 1. The number of hydrogen-bond donors (Lipinski definition) is 1. The topological polar surface area (TPSA) is 158 Å². The zero-order valence-electron chi connectivity index (χ0n) is 21.3. The first-order valence-electron chi connectivity index (χ1n) is 13.0. The first-order chi connectivity index (χ1) is 19.2. The van der Waals surface area contributed by atoms with Crippen molar-refractivity contribution in [1.82, 2.24) is 4.90 Å². The Morgan fingerprint density at radius 2 is 1.98 bits per heavy atom. The molecule has 2 aromatic rings. The van der Waals surface area contributed by atoms with Crippen LogP contribution >= 0.6 is 0 Å². The number of hydrogen-bond acceptors (Lipinski definition) is 8. The van der Waals surface area contributed by atoms with Gasteiger partial charge in [-0.25, -0.2) is 22.9 Å². The Balaban J connectivity index is 1.40. The van der Waals surface area contributed by atoms with Crippen LogP contribution in [0.2, 0.25) is 0 Å². The van der Waals surface area contributed by atoms with Crippen molar-refractivity contribution in [3.05, 3.63) is 48.0 Å². The van der Waals surface area contributed by atoms with Gasteiger partial charge in [-0.15, -0.1) is 0 Å². The van der Waals surface area contributed by atoms with Crippen molar-refractivity contribution >= 4 is 39.5 Å². The van der Waals surface area contributed by atoms with E-state index in [9.17, 15) is 33.2 Å². The molecule has 0 spiro atoms. The molecule has 2 aliphatic carbocycles. The highest BCUT2D eigenvalue weighted by Gasteiger charge is 2.45. The fourth-order valence-electron chi connectivity index (χ4n) is 6.36. The van der Waals surface area contributed by atoms with Crippen molar-refractivity contribution in [2.45, 2.75) is 42.7 Å². The minimum absolute atomic E-state index is 0.126. The number of rotatable bonds is 6. The molecule has 2 aromatic carbocycles. The molecular formula is C27H26N4O8S. The number of anilines is 2. The van der Waals surface area contributed by atoms with Crippen LogP contribution in [0.5, 0.6) is 5.75 Å². The Kier molecular flexibility index (Phi) is 6.29. The maximum atomic E-state index is 14.0. The van der Waals surface area contributed by atoms with E-state index in [4.69, 9.17) is 9.47 Å². The number of sulfonamides is 1. The van der Waals surface area contributed by atoms with Crippen LogP contribution in [0.4, 0.5) is 21.0 Å². The number of nitriles is 1. The lowest BCUT2D eigenvalue weighted by molar-refractivity contribution is -0.126. The standard InChI is InChI=1S/C27H26N4O8S/c28-12-17-2-1-3-21(9-17)40(36,37)30-14-20(13-29-25(32)15-38-27(29)35)39-24-7-6-19(11-23(24)30)31(26(33)34)22-10-16-4-5-18(22)8-16/h1-3,6-7,9,11,16,18,20,22H,4-5,8,10,13-15H2,(H,33,34). The van der Waals surface area contributed by atoms with Crippen LogP contribution in [0, 0.1) is 23.2 Å². The van der Waals surface area contributed by atoms with Crippen LogP contribution in [0.3, 0.4) is 0 Å². The van der Waals surface area contributed by atoms with Crippen molar-refractivity contribution in [1.29, 1.82) is 5.26 Å². The van der Waals surface area contributed by atoms with E-state index in [1.807, 2.05) is 6.07 Å². The largest absolute Gasteiger partial charge is 0.484 e. The summed E-state index contributed by atoms with van der Waals surface area (Å²) in [6.45, 7) is -0.911. The van der Waals surface area contributed by atoms with Crippen LogP contribution in [0.15, 0.2) is 47.4 Å². The summed E-state index contributed by atoms with van der Waals surface area (Å²) in [5.41, 5.74) is 0.606. The number of carbonyl (C=O) groups excluding carboxylic acids is 2. The summed E-state index contributed by atoms with van der Waals surface area (Å²) in [5.74, 6) is 0.332. The second kappa shape index (κ2) is 9.71. The van der Waals surface area contributed by atoms with E-state index in [-0.39, 0.29) is 46.9 Å². The molecular weight excluding hydrogens is 540 g/mol. The molecule has 2 saturated carbocycles. The molecule has 0 aromatic heterocycles. The van der Waals surface area contributed by atoms with E-state index in [2.05, 4.69) is 0 Å². The van der Waals surface area contributed by atoms with E-state index in [1.54, 1.807) is 6.07 Å². The predicted molar refractivity (Wildman–Crippen MR) is 139 cm³/mol. The molecule has 4 aliphatic rings. The lowest BCUT2D eigenvalue weighted by atomic mass is 9.93. The van der Waals surface area contributed by atoms with Crippen molar-refractivity contribution < 1.29 is 37.4 Å². The van der Waals surface area contributed by atoms with Gasteiger partial charge in [0.1, 0.15) is 11.9 Å². The number of cyclic esters (lactones) is 1. The summed E-state index contributed by atoms with van der Waals surface area (Å²) in [6, 6.07) is 11.9. The molecule has 0 radical (unpaired) electrons. The van der Waals surface area contributed by atoms with Crippen molar-refractivity contribution in [3.8, 4) is 11.8 Å². The third-order valence-corrected chi connectivity index (χ3v) is 9.94. The average molecular weight is 567 g/mol. The zero-order valence-corrected chi connectivity index (χ0v) is 22.1. The summed E-state index contributed by atoms with van der Waals surface area (Å²) in [5, 5.41) is 19.5. The minimum atomic E-state index is -4.28. The molecule has 1 saturated heterocycles. The van der Waals surface area contributed by atoms with Crippen molar-refractivity contribution in [2.75, 3.05) is 28.9 Å². The van der Waals surface area contributed by atoms with Crippen LogP contribution in [-0.2, 0) is 19.6 Å². The summed E-state index contributed by atoms with van der Waals surface area (Å²) in [4.78, 5) is 38.7. The summed E-state index contributed by atoms with van der Waals surface area (Å²) in [7, 11) is -4.28. The van der Waals surface area contributed by atoms with Gasteiger partial charge in [-0.2, -0.15) is 5.26 Å². The lowest BCUT2D eigenvalue weighted by Gasteiger charge is -2.38. The number of carbonyl (C=O) groups is 3. The molecule has 3 fully saturated rings. The highest BCUT2D eigenvalue weighted by Crippen LogP contribution is 2.48. The quantitative estimate of drug-likeness (QED) is 0.554. The van der Waals surface area contributed by atoms with Crippen LogP contribution < -0.4 is 13.9 Å². The number of amides is 3. The molecule has 4 unspecified atom stereocenters. The maximum Gasteiger partial charge on any atom is 0.417 e. The fraction of sp³-hybridized carbons (Fsp3) is 0.407. The Labute approximate surface area is 230 Å². The first kappa shape index (κ1) is 25.9. The molecule has 6 rings (SSSR count). The van der Waals surface area contributed by atoms with Crippen molar-refractivity contribution in [2.24, 2.45) is 11.8 Å². The van der Waals surface area contributed by atoms with Gasteiger partial charge < -0.3 is 14.6 Å². The average Bonchev–Trinajstić information content (AvgIpc) is 3.65. The van der Waals surface area contributed by atoms with Gasteiger partial charge in [-0.05, 0) is 67.5 Å². The second-order valence-corrected chi connectivity index (χ2v) is 12.4. The van der Waals surface area contributed by atoms with E-state index in [0.717, 1.165) is 34.9 Å². The molecule has 4 atom stereocenters. The minimum Gasteiger partial charge on any atom is -0.484 e. The van der Waals surface area contributed by atoms with Gasteiger partial charge in [0, 0.05) is 11.7 Å². The maximum absolute atomic E-state index is 14.0. The molecule has 13 heteroatoms. The van der Waals surface area contributed by atoms with Gasteiger partial charge in [-0.1, -0.05) is 12.5 Å². The molecule has 208 valence electrons. The van der Waals surface area contributed by atoms with Gasteiger partial charge in [0.15, 0.2) is 6.61 Å². The Bertz CT molecular complexity index is 1540. The summed E-state index contributed by atoms with van der Waals surface area (Å²) >= 11 is 0. The number of benzene rings is 2. The number of ether oxygens (including phenoxy) is 2. The molecule has 12 nitrogen and oxygen atoms in total. The van der Waals surface area contributed by atoms with Crippen LogP contribution in [-0.4, -0.2) is 68.4 Å². The highest BCUT2D eigenvalue weighted by atomic mass is 32.2. The normalized spacial score (nSPS) is 25.3. The van der Waals surface area contributed by atoms with Crippen molar-refractivity contribution in [3.63, 3.8) is 0 Å². The van der Waals surface area contributed by atoms with Crippen LogP contribution in [0.25, 0.3) is 0 Å². The van der Waals surface area contributed by atoms with E-state index >= 15 is 0 Å². The Morgan fingerprint density at radius 3 is 2.62 bits per heavy atom. The summed E-state index contributed by atoms with van der Waals surface area (Å²) < 4.78 is 39.8. The highest BCUT2D eigenvalue weighted by molar-refractivity contribution is 7.92. The predicted octanol–water partition coefficient (Wildman–Crippen LogP) is 3.17. The van der Waals surface area contributed by atoms with E-state index in [0.29, 0.717) is 11.6 Å². The Morgan fingerprint density at radius 1 is 1.15 bits per heavy atom. The molecule has 2 bridgehead atoms. The third kappa shape index (κ3) is 4.38. The van der Waals surface area contributed by atoms with Gasteiger partial charge in [-0.3, -0.25) is 14.0 Å². The molecule has 2 aliphatic heterocycles. The molecule has 1 N–H and O–H groups in total. The number of imide groups is 1. The lowest BCUT2D eigenvalue weighted by Crippen LogP contribution is -2.49. The number of nitrogens with zero attached hydrogens (tertiary/aromatic N) is 4. The van der Waals surface area contributed by atoms with Gasteiger partial charge in [0.2, 0.25) is 0 Å². The van der Waals surface area contributed by atoms with Gasteiger partial charge in [0.25, 0.3) is 15.9 Å². The number of fused-ring (bicyclic) bond motifs is 3. The first-order valence-corrected chi connectivity index (χ1v) is 14.4. The summed E-state index contributed by atoms with van der Waals surface area (Å²) in [6.07, 6.45) is 0.913. The van der Waals surface area contributed by atoms with E-state index < -0.39 is 40.8 Å². The fourth-order valence-corrected chi connectivity index (χ4v) is 7.90. The monoisotopic (exact) mass is 566 g/mol. The van der Waals surface area contributed by atoms with E-state index in [1.165, 1.54) is 41.3 Å². The second-order valence-electron chi connectivity index (χ2n) is 10.5. The molecule has 2 heterocycles. The van der Waals surface area contributed by atoms with Gasteiger partial charge in [0.05, 0.1) is 35.3 Å². The van der Waals surface area contributed by atoms with Gasteiger partial charge >= 0.3 is 12.2 Å². The zero-order chi connectivity index (χ0) is 28.2. The Hall–Kier alpha value is -4.31. The molecule has 3 amide bonds. The van der Waals surface area contributed by atoms with Crippen LogP contribution in [0.1, 0.15) is 31.2 Å². The third-order valence-electron chi connectivity index (χ3n) is 8.17. The smallest absolute Gasteiger partial charge is 0.417 e. The SMILES string of the molecule is N#Cc1cccc(S(=O)(=O)N2CC(CN3C(=O)COC3=O)Oc3ccc(N(C(=O)O)C4CC5CCC4C5)cc32)c1.